The molecule has 2 unspecified atom stereocenters. The average molecular weight is 328 g/mol. The fourth-order valence-corrected chi connectivity index (χ4v) is 5.21. The van der Waals surface area contributed by atoms with Crippen LogP contribution in [0.15, 0.2) is 36.0 Å². The van der Waals surface area contributed by atoms with E-state index in [0.717, 1.165) is 24.7 Å². The van der Waals surface area contributed by atoms with E-state index in [-0.39, 0.29) is 12.1 Å². The zero-order chi connectivity index (χ0) is 17.1. The second kappa shape index (κ2) is 7.72. The first kappa shape index (κ1) is 17.5. The number of carbonyl (C=O) groups is 1. The van der Waals surface area contributed by atoms with Gasteiger partial charge in [-0.15, -0.1) is 0 Å². The molecule has 3 aliphatic rings. The Labute approximate surface area is 147 Å². The van der Waals surface area contributed by atoms with Crippen LogP contribution in [-0.2, 0) is 9.53 Å². The Morgan fingerprint density at radius 3 is 2.83 bits per heavy atom. The zero-order valence-corrected chi connectivity index (χ0v) is 15.4. The number of rotatable bonds is 3. The van der Waals surface area contributed by atoms with E-state index in [1.54, 1.807) is 0 Å². The molecule has 0 amide bonds. The van der Waals surface area contributed by atoms with Crippen molar-refractivity contribution in [2.45, 2.75) is 65.4 Å². The van der Waals surface area contributed by atoms with E-state index in [9.17, 15) is 4.79 Å². The maximum atomic E-state index is 11.6. The summed E-state index contributed by atoms with van der Waals surface area (Å²) in [6.45, 7) is 6.74. The largest absolute Gasteiger partial charge is 0.458 e. The van der Waals surface area contributed by atoms with Gasteiger partial charge >= 0.3 is 5.97 Å². The number of carbonyl (C=O) groups excluding carboxylic acids is 1. The molecule has 1 aliphatic heterocycles. The molecule has 0 bridgehead atoms. The van der Waals surface area contributed by atoms with Crippen LogP contribution in [0.2, 0.25) is 0 Å². The monoisotopic (exact) mass is 328 g/mol. The van der Waals surface area contributed by atoms with E-state index in [0.29, 0.717) is 24.2 Å². The molecule has 1 saturated carbocycles. The Hall–Kier alpha value is -1.31. The lowest BCUT2D eigenvalue weighted by Gasteiger charge is -2.44. The van der Waals surface area contributed by atoms with Gasteiger partial charge in [0.25, 0.3) is 0 Å². The smallest absolute Gasteiger partial charge is 0.306 e. The average Bonchev–Trinajstić information content (AvgIpc) is 2.55. The van der Waals surface area contributed by atoms with Gasteiger partial charge in [-0.2, -0.15) is 0 Å². The van der Waals surface area contributed by atoms with Crippen molar-refractivity contribution < 1.29 is 9.53 Å². The van der Waals surface area contributed by atoms with Crippen LogP contribution in [0, 0.1) is 29.6 Å². The van der Waals surface area contributed by atoms with Crippen LogP contribution >= 0.6 is 0 Å². The van der Waals surface area contributed by atoms with Crippen LogP contribution in [0.4, 0.5) is 0 Å². The van der Waals surface area contributed by atoms with Gasteiger partial charge in [0, 0.05) is 6.42 Å². The van der Waals surface area contributed by atoms with Gasteiger partial charge in [-0.25, -0.2) is 0 Å². The van der Waals surface area contributed by atoms with Gasteiger partial charge in [0.05, 0.1) is 0 Å². The van der Waals surface area contributed by atoms with Crippen molar-refractivity contribution in [2.24, 2.45) is 29.6 Å². The fraction of sp³-hybridized carbons (Fsp3) is 0.682. The highest BCUT2D eigenvalue weighted by atomic mass is 16.5. The van der Waals surface area contributed by atoms with E-state index in [1.807, 2.05) is 0 Å². The number of fused-ring (bicyclic) bond motifs is 1. The lowest BCUT2D eigenvalue weighted by Crippen LogP contribution is -2.36. The summed E-state index contributed by atoms with van der Waals surface area (Å²) in [7, 11) is 0. The number of hydrogen-bond donors (Lipinski definition) is 0. The number of allylic oxidation sites excluding steroid dienone is 5. The van der Waals surface area contributed by atoms with Gasteiger partial charge in [-0.3, -0.25) is 4.79 Å². The lowest BCUT2D eigenvalue weighted by molar-refractivity contribution is -0.150. The molecular weight excluding hydrogens is 296 g/mol. The highest BCUT2D eigenvalue weighted by Gasteiger charge is 2.38. The van der Waals surface area contributed by atoms with E-state index in [2.05, 4.69) is 51.2 Å². The van der Waals surface area contributed by atoms with Gasteiger partial charge in [0.1, 0.15) is 6.10 Å². The molecule has 0 aromatic heterocycles. The van der Waals surface area contributed by atoms with Gasteiger partial charge in [0.2, 0.25) is 0 Å². The van der Waals surface area contributed by atoms with Gasteiger partial charge in [0.15, 0.2) is 0 Å². The Morgan fingerprint density at radius 2 is 2.08 bits per heavy atom. The predicted octanol–water partition coefficient (Wildman–Crippen LogP) is 5.46. The van der Waals surface area contributed by atoms with E-state index >= 15 is 0 Å². The number of ether oxygens (including phenoxy) is 1. The van der Waals surface area contributed by atoms with Crippen molar-refractivity contribution in [3.63, 3.8) is 0 Å². The molecule has 24 heavy (non-hydrogen) atoms. The van der Waals surface area contributed by atoms with Crippen molar-refractivity contribution in [3.8, 4) is 0 Å². The minimum Gasteiger partial charge on any atom is -0.458 e. The standard InChI is InChI=1S/C22H32O2/c1-4-6-17-10-12-20-18(14-17)11-9-15(2)22(20)16(3)13-19-7-5-8-21(23)24-19/h4,6,9,11,13,15,17-20,22H,5,7-8,10,12,14H2,1-3H3/b6-4+,16-13+/t15-,17+,18?,19-,20-,22?/m0/s1. The summed E-state index contributed by atoms with van der Waals surface area (Å²) in [5.41, 5.74) is 1.44. The highest BCUT2D eigenvalue weighted by molar-refractivity contribution is 5.70. The fourth-order valence-electron chi connectivity index (χ4n) is 5.21. The third-order valence-corrected chi connectivity index (χ3v) is 6.28. The summed E-state index contributed by atoms with van der Waals surface area (Å²) in [6, 6.07) is 0. The maximum Gasteiger partial charge on any atom is 0.306 e. The molecule has 2 fully saturated rings. The minimum atomic E-state index is -0.0309. The number of esters is 1. The molecular formula is C22H32O2. The number of cyclic esters (lactones) is 1. The van der Waals surface area contributed by atoms with Crippen LogP contribution in [0.5, 0.6) is 0 Å². The molecule has 0 aromatic carbocycles. The van der Waals surface area contributed by atoms with Crippen molar-refractivity contribution in [3.05, 3.63) is 36.0 Å². The minimum absolute atomic E-state index is 0.00201. The van der Waals surface area contributed by atoms with Crippen molar-refractivity contribution in [1.82, 2.24) is 0 Å². The molecule has 2 nitrogen and oxygen atoms in total. The third kappa shape index (κ3) is 3.84. The summed E-state index contributed by atoms with van der Waals surface area (Å²) >= 11 is 0. The van der Waals surface area contributed by atoms with Crippen LogP contribution in [0.25, 0.3) is 0 Å². The SMILES string of the molecule is C/C=C/[C@@H]1CC[C@H]2C(C=C[C@H](C)C2/C(C)=C/[C@@H]2CCCC(=O)O2)C1. The quantitative estimate of drug-likeness (QED) is 0.508. The van der Waals surface area contributed by atoms with Gasteiger partial charge < -0.3 is 4.74 Å². The van der Waals surface area contributed by atoms with Crippen molar-refractivity contribution in [2.75, 3.05) is 0 Å². The van der Waals surface area contributed by atoms with Crippen molar-refractivity contribution >= 4 is 5.97 Å². The predicted molar refractivity (Wildman–Crippen MR) is 98.4 cm³/mol. The van der Waals surface area contributed by atoms with Crippen LogP contribution in [0.1, 0.15) is 59.3 Å². The summed E-state index contributed by atoms with van der Waals surface area (Å²) in [5, 5.41) is 0. The second-order valence-corrected chi connectivity index (χ2v) is 8.03. The molecule has 1 heterocycles. The molecule has 0 N–H and O–H groups in total. The molecule has 1 saturated heterocycles. The Balaban J connectivity index is 1.74. The van der Waals surface area contributed by atoms with Crippen LogP contribution in [0.3, 0.4) is 0 Å². The first-order chi connectivity index (χ1) is 11.6. The molecule has 132 valence electrons. The molecule has 2 heteroatoms. The van der Waals surface area contributed by atoms with Crippen molar-refractivity contribution in [1.29, 1.82) is 0 Å². The zero-order valence-electron chi connectivity index (χ0n) is 15.4. The summed E-state index contributed by atoms with van der Waals surface area (Å²) in [6.07, 6.45) is 18.2. The summed E-state index contributed by atoms with van der Waals surface area (Å²) in [5.74, 6) is 3.36. The molecule has 0 spiro atoms. The Kier molecular flexibility index (Phi) is 5.63. The molecule has 2 aliphatic carbocycles. The Bertz CT molecular complexity index is 542. The van der Waals surface area contributed by atoms with E-state index in [1.165, 1.54) is 24.8 Å². The lowest BCUT2D eigenvalue weighted by atomic mass is 9.61. The molecule has 6 atom stereocenters. The van der Waals surface area contributed by atoms with Crippen LogP contribution in [-0.4, -0.2) is 12.1 Å². The molecule has 0 aromatic rings. The van der Waals surface area contributed by atoms with E-state index in [4.69, 9.17) is 4.74 Å². The summed E-state index contributed by atoms with van der Waals surface area (Å²) < 4.78 is 5.53. The topological polar surface area (TPSA) is 26.3 Å². The van der Waals surface area contributed by atoms with Crippen LogP contribution < -0.4 is 0 Å². The first-order valence-corrected chi connectivity index (χ1v) is 9.77. The second-order valence-electron chi connectivity index (χ2n) is 8.03. The van der Waals surface area contributed by atoms with Gasteiger partial charge in [-0.1, -0.05) is 36.8 Å². The maximum absolute atomic E-state index is 11.6. The first-order valence-electron chi connectivity index (χ1n) is 9.77. The summed E-state index contributed by atoms with van der Waals surface area (Å²) in [4.78, 5) is 11.6. The normalized spacial score (nSPS) is 40.5. The van der Waals surface area contributed by atoms with E-state index < -0.39 is 0 Å². The molecule has 0 radical (unpaired) electrons. The number of hydrogen-bond acceptors (Lipinski definition) is 2. The highest BCUT2D eigenvalue weighted by Crippen LogP contribution is 2.47. The Morgan fingerprint density at radius 1 is 1.25 bits per heavy atom. The molecule has 3 rings (SSSR count). The third-order valence-electron chi connectivity index (χ3n) is 6.28. The van der Waals surface area contributed by atoms with Gasteiger partial charge in [-0.05, 0) is 81.6 Å².